The summed E-state index contributed by atoms with van der Waals surface area (Å²) in [6.45, 7) is 4.07. The highest BCUT2D eigenvalue weighted by atomic mass is 31.3. The lowest BCUT2D eigenvalue weighted by atomic mass is 11.8. The van der Waals surface area contributed by atoms with Crippen molar-refractivity contribution in [1.29, 1.82) is 0 Å². The summed E-state index contributed by atoms with van der Waals surface area (Å²) < 4.78 is 31.0. The summed E-state index contributed by atoms with van der Waals surface area (Å²) in [5.41, 5.74) is 0. The maximum atomic E-state index is 11.0. The van der Waals surface area contributed by atoms with E-state index in [0.29, 0.717) is 0 Å². The van der Waals surface area contributed by atoms with Crippen LogP contribution < -0.4 is 0 Å². The van der Waals surface area contributed by atoms with E-state index in [0.717, 1.165) is 0 Å². The molecule has 0 radical (unpaired) electrons. The molecule has 0 aromatic carbocycles. The third kappa shape index (κ3) is 5.19. The largest absolute Gasteiger partial charge is 0.332 e. The average Bonchev–Trinajstić information content (AvgIpc) is 1.60. The van der Waals surface area contributed by atoms with E-state index in [2.05, 4.69) is 8.83 Å². The van der Waals surface area contributed by atoms with Gasteiger partial charge in [0.05, 0.1) is 0 Å². The number of hydrogen-bond acceptors (Lipinski definition) is 4. The summed E-state index contributed by atoms with van der Waals surface area (Å²) in [7, 11) is -4.49. The van der Waals surface area contributed by atoms with Crippen molar-refractivity contribution in [2.24, 2.45) is 0 Å². The van der Waals surface area contributed by atoms with E-state index in [1.54, 1.807) is 0 Å². The lowest BCUT2D eigenvalue weighted by molar-refractivity contribution is 0.329. The molecule has 1 unspecified atom stereocenters. The standard InChI is InChI=1S/C4H12O4P2/c1-7-10(4,6)8-9(2,3)5/h1-4H3. The van der Waals surface area contributed by atoms with E-state index >= 15 is 0 Å². The summed E-state index contributed by atoms with van der Waals surface area (Å²) >= 11 is 0. The average molecular weight is 186 g/mol. The van der Waals surface area contributed by atoms with Crippen LogP contribution in [0.15, 0.2) is 0 Å². The Morgan fingerprint density at radius 1 is 1.10 bits per heavy atom. The Labute approximate surface area is 60.9 Å². The molecule has 0 saturated heterocycles. The Bertz CT molecular complexity index is 193. The third-order valence-corrected chi connectivity index (χ3v) is 4.10. The van der Waals surface area contributed by atoms with Gasteiger partial charge < -0.3 is 4.52 Å². The molecule has 0 aromatic rings. The van der Waals surface area contributed by atoms with Crippen LogP contribution in [0.25, 0.3) is 0 Å². The highest BCUT2D eigenvalue weighted by Crippen LogP contribution is 2.57. The monoisotopic (exact) mass is 186 g/mol. The third-order valence-electron chi connectivity index (χ3n) is 0.677. The van der Waals surface area contributed by atoms with E-state index in [1.807, 2.05) is 0 Å². The Kier molecular flexibility index (Phi) is 3.31. The minimum absolute atomic E-state index is 1.26. The topological polar surface area (TPSA) is 52.6 Å². The summed E-state index contributed by atoms with van der Waals surface area (Å²) in [4.78, 5) is 0. The molecule has 1 atom stereocenters. The van der Waals surface area contributed by atoms with Gasteiger partial charge in [-0.2, -0.15) is 0 Å². The molecular formula is C4H12O4P2. The fourth-order valence-corrected chi connectivity index (χ4v) is 3.51. The van der Waals surface area contributed by atoms with Crippen LogP contribution in [0, 0.1) is 0 Å². The fourth-order valence-electron chi connectivity index (χ4n) is 0.391. The molecule has 0 aromatic heterocycles. The van der Waals surface area contributed by atoms with Crippen molar-refractivity contribution in [2.45, 2.75) is 0 Å². The van der Waals surface area contributed by atoms with Crippen molar-refractivity contribution < 1.29 is 18.0 Å². The van der Waals surface area contributed by atoms with Crippen molar-refractivity contribution >= 4 is 15.0 Å². The van der Waals surface area contributed by atoms with E-state index in [4.69, 9.17) is 0 Å². The van der Waals surface area contributed by atoms with Gasteiger partial charge in [-0.3, -0.25) is 13.4 Å². The second-order valence-corrected chi connectivity index (χ2v) is 7.35. The van der Waals surface area contributed by atoms with Gasteiger partial charge >= 0.3 is 7.60 Å². The molecule has 0 aliphatic carbocycles. The molecule has 0 bridgehead atoms. The van der Waals surface area contributed by atoms with E-state index in [1.165, 1.54) is 27.1 Å². The zero-order valence-corrected chi connectivity index (χ0v) is 8.32. The molecule has 0 amide bonds. The SMILES string of the molecule is COP(C)(=O)OP(C)(C)=O. The Hall–Kier alpha value is 0.380. The maximum Gasteiger partial charge on any atom is 0.332 e. The predicted octanol–water partition coefficient (Wildman–Crippen LogP) is 2.01. The number of hydrogen-bond donors (Lipinski definition) is 0. The summed E-state index contributed by atoms with van der Waals surface area (Å²) in [5.74, 6) is 0. The molecule has 0 rings (SSSR count). The second-order valence-electron chi connectivity index (χ2n) is 2.29. The molecular weight excluding hydrogens is 174 g/mol. The van der Waals surface area contributed by atoms with Crippen molar-refractivity contribution in [2.75, 3.05) is 27.1 Å². The minimum Gasteiger partial charge on any atom is -0.312 e. The van der Waals surface area contributed by atoms with Crippen molar-refractivity contribution in [3.63, 3.8) is 0 Å². The quantitative estimate of drug-likeness (QED) is 0.632. The molecule has 62 valence electrons. The first-order valence-corrected chi connectivity index (χ1v) is 7.17. The van der Waals surface area contributed by atoms with E-state index < -0.39 is 15.0 Å². The van der Waals surface area contributed by atoms with Gasteiger partial charge in [-0.15, -0.1) is 0 Å². The Balaban J connectivity index is 4.17. The van der Waals surface area contributed by atoms with Crippen LogP contribution in [0.1, 0.15) is 0 Å². The number of rotatable bonds is 3. The summed E-state index contributed by atoms with van der Waals surface area (Å²) in [6, 6.07) is 0. The Morgan fingerprint density at radius 3 is 1.60 bits per heavy atom. The molecule has 0 heterocycles. The molecule has 0 aliphatic heterocycles. The molecule has 6 heteroatoms. The normalized spacial score (nSPS) is 18.4. The zero-order valence-electron chi connectivity index (χ0n) is 6.53. The van der Waals surface area contributed by atoms with Crippen LogP contribution in [-0.4, -0.2) is 27.1 Å². The van der Waals surface area contributed by atoms with Gasteiger partial charge in [0.2, 0.25) is 7.37 Å². The Morgan fingerprint density at radius 2 is 1.50 bits per heavy atom. The highest BCUT2D eigenvalue weighted by Gasteiger charge is 2.22. The van der Waals surface area contributed by atoms with Crippen LogP contribution in [0.3, 0.4) is 0 Å². The molecule has 0 spiro atoms. The van der Waals surface area contributed by atoms with Crippen molar-refractivity contribution in [1.82, 2.24) is 0 Å². The first kappa shape index (κ1) is 10.4. The second kappa shape index (κ2) is 3.19. The fraction of sp³-hybridized carbons (Fsp3) is 1.00. The van der Waals surface area contributed by atoms with Crippen LogP contribution in [0.4, 0.5) is 0 Å². The van der Waals surface area contributed by atoms with Gasteiger partial charge in [0, 0.05) is 27.1 Å². The molecule has 0 fully saturated rings. The van der Waals surface area contributed by atoms with Gasteiger partial charge in [0.25, 0.3) is 0 Å². The lowest BCUT2D eigenvalue weighted by Crippen LogP contribution is -1.87. The van der Waals surface area contributed by atoms with Crippen LogP contribution in [-0.2, 0) is 18.0 Å². The summed E-state index contributed by atoms with van der Waals surface area (Å²) in [6.07, 6.45) is 0. The van der Waals surface area contributed by atoms with Crippen molar-refractivity contribution in [3.05, 3.63) is 0 Å². The van der Waals surface area contributed by atoms with Gasteiger partial charge in [-0.05, 0) is 0 Å². The van der Waals surface area contributed by atoms with Gasteiger partial charge in [-0.25, -0.2) is 0 Å². The molecule has 0 N–H and O–H groups in total. The first-order chi connectivity index (χ1) is 4.27. The van der Waals surface area contributed by atoms with E-state index in [9.17, 15) is 9.13 Å². The zero-order chi connectivity index (χ0) is 8.41. The molecule has 0 aliphatic rings. The smallest absolute Gasteiger partial charge is 0.312 e. The van der Waals surface area contributed by atoms with Gasteiger partial charge in [0.15, 0.2) is 0 Å². The molecule has 0 saturated carbocycles. The maximum absolute atomic E-state index is 11.0. The summed E-state index contributed by atoms with van der Waals surface area (Å²) in [5, 5.41) is 0. The molecule has 10 heavy (non-hydrogen) atoms. The van der Waals surface area contributed by atoms with E-state index in [-0.39, 0.29) is 0 Å². The first-order valence-electron chi connectivity index (χ1n) is 2.66. The van der Waals surface area contributed by atoms with Crippen LogP contribution >= 0.6 is 15.0 Å². The molecule has 4 nitrogen and oxygen atoms in total. The van der Waals surface area contributed by atoms with Crippen molar-refractivity contribution in [3.8, 4) is 0 Å². The predicted molar refractivity (Wildman–Crippen MR) is 41.1 cm³/mol. The van der Waals surface area contributed by atoms with Crippen LogP contribution in [0.5, 0.6) is 0 Å². The van der Waals surface area contributed by atoms with Crippen LogP contribution in [0.2, 0.25) is 0 Å². The minimum atomic E-state index is -3.06. The lowest BCUT2D eigenvalue weighted by Gasteiger charge is -2.13. The highest BCUT2D eigenvalue weighted by molar-refractivity contribution is 7.68. The van der Waals surface area contributed by atoms with Gasteiger partial charge in [-0.1, -0.05) is 0 Å². The van der Waals surface area contributed by atoms with Gasteiger partial charge in [0.1, 0.15) is 0 Å².